The number of methoxy groups -OCH3 is 1. The van der Waals surface area contributed by atoms with E-state index in [0.29, 0.717) is 0 Å². The number of anilines is 1. The van der Waals surface area contributed by atoms with Crippen LogP contribution < -0.4 is 10.1 Å². The van der Waals surface area contributed by atoms with E-state index in [4.69, 9.17) is 4.74 Å². The van der Waals surface area contributed by atoms with Crippen LogP contribution in [-0.2, 0) is 4.79 Å². The van der Waals surface area contributed by atoms with E-state index in [2.05, 4.69) is 24.4 Å². The van der Waals surface area contributed by atoms with Gasteiger partial charge in [0.1, 0.15) is 5.75 Å². The largest absolute Gasteiger partial charge is 0.497 e. The van der Waals surface area contributed by atoms with Gasteiger partial charge in [-0.05, 0) is 42.8 Å². The van der Waals surface area contributed by atoms with Gasteiger partial charge in [0.05, 0.1) is 19.1 Å². The number of hydrogen-bond donors (Lipinski definition) is 1. The standard InChI is InChI=1S/C19H19NO2/c1-13-3-7-15(8-4-13)20-17-11-12-18(21)19(17)14-5-9-16(22-2)10-6-14/h3-12,17,19-20H,1-2H3/t17-,19+/m1/s1. The molecule has 3 nitrogen and oxygen atoms in total. The van der Waals surface area contributed by atoms with Gasteiger partial charge in [-0.25, -0.2) is 0 Å². The lowest BCUT2D eigenvalue weighted by Crippen LogP contribution is -2.26. The highest BCUT2D eigenvalue weighted by Gasteiger charge is 2.31. The van der Waals surface area contributed by atoms with E-state index >= 15 is 0 Å². The molecular formula is C19H19NO2. The smallest absolute Gasteiger partial charge is 0.165 e. The van der Waals surface area contributed by atoms with E-state index in [1.807, 2.05) is 42.5 Å². The number of allylic oxidation sites excluding steroid dienone is 1. The van der Waals surface area contributed by atoms with Crippen molar-refractivity contribution in [2.24, 2.45) is 0 Å². The summed E-state index contributed by atoms with van der Waals surface area (Å²) in [5.41, 5.74) is 3.24. The van der Waals surface area contributed by atoms with Crippen molar-refractivity contribution >= 4 is 11.5 Å². The monoisotopic (exact) mass is 293 g/mol. The van der Waals surface area contributed by atoms with Crippen molar-refractivity contribution in [1.29, 1.82) is 0 Å². The van der Waals surface area contributed by atoms with Crippen LogP contribution in [0.15, 0.2) is 60.7 Å². The van der Waals surface area contributed by atoms with Crippen molar-refractivity contribution in [3.63, 3.8) is 0 Å². The van der Waals surface area contributed by atoms with Gasteiger partial charge in [-0.2, -0.15) is 0 Å². The molecule has 2 aromatic rings. The van der Waals surface area contributed by atoms with Crippen molar-refractivity contribution in [3.05, 3.63) is 71.8 Å². The summed E-state index contributed by atoms with van der Waals surface area (Å²) in [6.07, 6.45) is 3.61. The van der Waals surface area contributed by atoms with Crippen LogP contribution in [0.2, 0.25) is 0 Å². The van der Waals surface area contributed by atoms with Crippen molar-refractivity contribution in [2.75, 3.05) is 12.4 Å². The van der Waals surface area contributed by atoms with Gasteiger partial charge in [-0.15, -0.1) is 0 Å². The molecule has 3 heteroatoms. The molecule has 0 bridgehead atoms. The summed E-state index contributed by atoms with van der Waals surface area (Å²) in [5, 5.41) is 3.44. The maximum absolute atomic E-state index is 12.2. The summed E-state index contributed by atoms with van der Waals surface area (Å²) >= 11 is 0. The van der Waals surface area contributed by atoms with Crippen LogP contribution in [0.5, 0.6) is 5.75 Å². The number of rotatable bonds is 4. The summed E-state index contributed by atoms with van der Waals surface area (Å²) in [5.74, 6) is 0.743. The first-order valence-corrected chi connectivity index (χ1v) is 7.36. The molecule has 112 valence electrons. The summed E-state index contributed by atoms with van der Waals surface area (Å²) in [6, 6.07) is 15.9. The molecule has 1 aliphatic carbocycles. The Morgan fingerprint density at radius 1 is 1.00 bits per heavy atom. The molecule has 3 rings (SSSR count). The fourth-order valence-corrected chi connectivity index (χ4v) is 2.75. The number of carbonyl (C=O) groups excluding carboxylic acids is 1. The second kappa shape index (κ2) is 6.06. The number of ketones is 1. The molecular weight excluding hydrogens is 274 g/mol. The van der Waals surface area contributed by atoms with Gasteiger partial charge in [0.25, 0.3) is 0 Å². The first-order valence-electron chi connectivity index (χ1n) is 7.36. The molecule has 2 atom stereocenters. The summed E-state index contributed by atoms with van der Waals surface area (Å²) in [6.45, 7) is 2.06. The van der Waals surface area contributed by atoms with E-state index in [0.717, 1.165) is 17.0 Å². The van der Waals surface area contributed by atoms with E-state index in [1.54, 1.807) is 13.2 Å². The third-order valence-electron chi connectivity index (χ3n) is 3.99. The number of carbonyl (C=O) groups is 1. The molecule has 0 fully saturated rings. The molecule has 22 heavy (non-hydrogen) atoms. The van der Waals surface area contributed by atoms with E-state index in [9.17, 15) is 4.79 Å². The van der Waals surface area contributed by atoms with Crippen molar-refractivity contribution < 1.29 is 9.53 Å². The van der Waals surface area contributed by atoms with Gasteiger partial charge < -0.3 is 10.1 Å². The molecule has 0 heterocycles. The number of ether oxygens (including phenoxy) is 1. The first kappa shape index (κ1) is 14.4. The molecule has 0 unspecified atom stereocenters. The molecule has 0 aromatic heterocycles. The molecule has 0 amide bonds. The lowest BCUT2D eigenvalue weighted by atomic mass is 9.92. The number of hydrogen-bond acceptors (Lipinski definition) is 3. The van der Waals surface area contributed by atoms with Gasteiger partial charge in [0.2, 0.25) is 0 Å². The van der Waals surface area contributed by atoms with Crippen molar-refractivity contribution in [2.45, 2.75) is 18.9 Å². The Hall–Kier alpha value is -2.55. The SMILES string of the molecule is COc1ccc([C@@H]2C(=O)C=C[C@H]2Nc2ccc(C)cc2)cc1. The van der Waals surface area contributed by atoms with Gasteiger partial charge >= 0.3 is 0 Å². The maximum Gasteiger partial charge on any atom is 0.165 e. The van der Waals surface area contributed by atoms with Gasteiger partial charge in [0, 0.05) is 5.69 Å². The normalized spacial score (nSPS) is 20.2. The molecule has 0 radical (unpaired) electrons. The van der Waals surface area contributed by atoms with Crippen LogP contribution in [0, 0.1) is 6.92 Å². The predicted molar refractivity (Wildman–Crippen MR) is 88.5 cm³/mol. The zero-order valence-electron chi connectivity index (χ0n) is 12.7. The Morgan fingerprint density at radius 3 is 2.32 bits per heavy atom. The second-order valence-electron chi connectivity index (χ2n) is 5.55. The summed E-state index contributed by atoms with van der Waals surface area (Å²) in [7, 11) is 1.64. The van der Waals surface area contributed by atoms with Crippen LogP contribution >= 0.6 is 0 Å². The molecule has 0 aliphatic heterocycles. The van der Waals surface area contributed by atoms with Crippen LogP contribution in [0.4, 0.5) is 5.69 Å². The number of nitrogens with one attached hydrogen (secondary N) is 1. The Kier molecular flexibility index (Phi) is 3.96. The average molecular weight is 293 g/mol. The molecule has 0 saturated heterocycles. The molecule has 0 saturated carbocycles. The second-order valence-corrected chi connectivity index (χ2v) is 5.55. The van der Waals surface area contributed by atoms with Gasteiger partial charge in [0.15, 0.2) is 5.78 Å². The Bertz CT molecular complexity index is 686. The minimum absolute atomic E-state index is 0.0244. The highest BCUT2D eigenvalue weighted by Crippen LogP contribution is 2.30. The maximum atomic E-state index is 12.2. The number of benzene rings is 2. The number of aryl methyl sites for hydroxylation is 1. The fraction of sp³-hybridized carbons (Fsp3) is 0.211. The lowest BCUT2D eigenvalue weighted by molar-refractivity contribution is -0.115. The van der Waals surface area contributed by atoms with Gasteiger partial charge in [-0.1, -0.05) is 35.9 Å². The molecule has 0 spiro atoms. The third kappa shape index (κ3) is 2.89. The summed E-state index contributed by atoms with van der Waals surface area (Å²) < 4.78 is 5.18. The van der Waals surface area contributed by atoms with Gasteiger partial charge in [-0.3, -0.25) is 4.79 Å². The van der Waals surface area contributed by atoms with E-state index in [1.165, 1.54) is 5.56 Å². The third-order valence-corrected chi connectivity index (χ3v) is 3.99. The minimum atomic E-state index is -0.188. The van der Waals surface area contributed by atoms with Crippen LogP contribution in [0.3, 0.4) is 0 Å². The quantitative estimate of drug-likeness (QED) is 0.934. The predicted octanol–water partition coefficient (Wildman–Crippen LogP) is 3.71. The lowest BCUT2D eigenvalue weighted by Gasteiger charge is -2.21. The Labute approximate surface area is 130 Å². The summed E-state index contributed by atoms with van der Waals surface area (Å²) in [4.78, 5) is 12.2. The van der Waals surface area contributed by atoms with Crippen LogP contribution in [0.1, 0.15) is 17.0 Å². The molecule has 1 aliphatic rings. The highest BCUT2D eigenvalue weighted by atomic mass is 16.5. The highest BCUT2D eigenvalue weighted by molar-refractivity contribution is 5.99. The van der Waals surface area contributed by atoms with Crippen LogP contribution in [-0.4, -0.2) is 18.9 Å². The van der Waals surface area contributed by atoms with E-state index in [-0.39, 0.29) is 17.7 Å². The van der Waals surface area contributed by atoms with Crippen molar-refractivity contribution in [3.8, 4) is 5.75 Å². The first-order chi connectivity index (χ1) is 10.7. The molecule has 1 N–H and O–H groups in total. The zero-order chi connectivity index (χ0) is 15.5. The Balaban J connectivity index is 1.81. The zero-order valence-corrected chi connectivity index (χ0v) is 12.7. The molecule has 2 aromatic carbocycles. The average Bonchev–Trinajstić information content (AvgIpc) is 2.90. The topological polar surface area (TPSA) is 38.3 Å². The van der Waals surface area contributed by atoms with Crippen molar-refractivity contribution in [1.82, 2.24) is 0 Å². The van der Waals surface area contributed by atoms with E-state index < -0.39 is 0 Å². The minimum Gasteiger partial charge on any atom is -0.497 e. The fourth-order valence-electron chi connectivity index (χ4n) is 2.75. The Morgan fingerprint density at radius 2 is 1.68 bits per heavy atom. The van der Waals surface area contributed by atoms with Crippen LogP contribution in [0.25, 0.3) is 0 Å².